The van der Waals surface area contributed by atoms with Crippen molar-refractivity contribution in [1.29, 1.82) is 0 Å². The van der Waals surface area contributed by atoms with E-state index in [0.29, 0.717) is 0 Å². The molecule has 1 N–H and O–H groups in total. The van der Waals surface area contributed by atoms with Crippen LogP contribution in [-0.2, 0) is 9.57 Å². The lowest BCUT2D eigenvalue weighted by Gasteiger charge is -2.09. The van der Waals surface area contributed by atoms with Crippen molar-refractivity contribution in [1.82, 2.24) is 5.32 Å². The number of ether oxygens (including phenoxy) is 1. The van der Waals surface area contributed by atoms with Gasteiger partial charge in [0.25, 0.3) is 5.09 Å². The zero-order valence-corrected chi connectivity index (χ0v) is 6.07. The number of alkyl carbamates (subject to hydrolysis) is 1. The van der Waals surface area contributed by atoms with E-state index in [1.807, 2.05) is 0 Å². The maximum atomic E-state index is 10.4. The van der Waals surface area contributed by atoms with Crippen LogP contribution in [0.5, 0.6) is 0 Å². The molecular weight excluding hydrogens is 156 g/mol. The van der Waals surface area contributed by atoms with E-state index < -0.39 is 17.5 Å². The van der Waals surface area contributed by atoms with Crippen molar-refractivity contribution in [2.24, 2.45) is 0 Å². The summed E-state index contributed by atoms with van der Waals surface area (Å²) in [5.74, 6) is 0. The molecule has 0 heterocycles. The highest BCUT2D eigenvalue weighted by Gasteiger charge is 2.10. The van der Waals surface area contributed by atoms with E-state index in [1.165, 1.54) is 14.0 Å². The van der Waals surface area contributed by atoms with Gasteiger partial charge in [-0.3, -0.25) is 4.84 Å². The zero-order chi connectivity index (χ0) is 8.85. The van der Waals surface area contributed by atoms with Gasteiger partial charge in [0.1, 0.15) is 0 Å². The van der Waals surface area contributed by atoms with Crippen LogP contribution in [0.25, 0.3) is 0 Å². The first-order valence-electron chi connectivity index (χ1n) is 2.75. The van der Waals surface area contributed by atoms with Gasteiger partial charge in [-0.1, -0.05) is 0 Å². The van der Waals surface area contributed by atoms with Crippen molar-refractivity contribution in [3.63, 3.8) is 0 Å². The highest BCUT2D eigenvalue weighted by molar-refractivity contribution is 5.66. The molecule has 64 valence electrons. The number of rotatable bonds is 3. The van der Waals surface area contributed by atoms with Gasteiger partial charge < -0.3 is 10.1 Å². The molecule has 0 aromatic carbocycles. The van der Waals surface area contributed by atoms with Gasteiger partial charge in [-0.25, -0.2) is 4.79 Å². The van der Waals surface area contributed by atoms with E-state index in [9.17, 15) is 14.9 Å². The van der Waals surface area contributed by atoms with Gasteiger partial charge in [0, 0.05) is 7.05 Å². The van der Waals surface area contributed by atoms with Gasteiger partial charge in [-0.05, 0) is 6.92 Å². The third-order valence-electron chi connectivity index (χ3n) is 0.712. The molecule has 0 spiro atoms. The molecule has 0 fully saturated rings. The Morgan fingerprint density at radius 2 is 2.27 bits per heavy atom. The van der Waals surface area contributed by atoms with Gasteiger partial charge in [-0.2, -0.15) is 0 Å². The molecular formula is C4H8N2O5. The van der Waals surface area contributed by atoms with Crippen LogP contribution in [0, 0.1) is 10.1 Å². The van der Waals surface area contributed by atoms with E-state index in [4.69, 9.17) is 0 Å². The molecule has 0 aliphatic heterocycles. The first-order valence-corrected chi connectivity index (χ1v) is 2.75. The fourth-order valence-corrected chi connectivity index (χ4v) is 0.352. The highest BCUT2D eigenvalue weighted by atomic mass is 17.0. The van der Waals surface area contributed by atoms with Crippen LogP contribution < -0.4 is 5.32 Å². The predicted molar refractivity (Wildman–Crippen MR) is 33.1 cm³/mol. The van der Waals surface area contributed by atoms with E-state index in [2.05, 4.69) is 14.9 Å². The van der Waals surface area contributed by atoms with Crippen LogP contribution in [0.2, 0.25) is 0 Å². The maximum absolute atomic E-state index is 10.4. The summed E-state index contributed by atoms with van der Waals surface area (Å²) in [6.07, 6.45) is -1.97. The molecule has 1 atom stereocenters. The van der Waals surface area contributed by atoms with Crippen LogP contribution in [0.1, 0.15) is 6.92 Å². The van der Waals surface area contributed by atoms with Crippen LogP contribution >= 0.6 is 0 Å². The third kappa shape index (κ3) is 4.94. The summed E-state index contributed by atoms with van der Waals surface area (Å²) in [6.45, 7) is 1.23. The lowest BCUT2D eigenvalue weighted by Crippen LogP contribution is -2.27. The molecule has 0 aromatic heterocycles. The normalized spacial score (nSPS) is 11.5. The Bertz CT molecular complexity index is 159. The van der Waals surface area contributed by atoms with E-state index >= 15 is 0 Å². The largest absolute Gasteiger partial charge is 0.419 e. The number of nitrogens with zero attached hydrogens (tertiary/aromatic N) is 1. The number of amides is 1. The number of carbonyl (C=O) groups is 1. The average Bonchev–Trinajstić information content (AvgIpc) is 1.85. The summed E-state index contributed by atoms with van der Waals surface area (Å²) in [4.78, 5) is 23.9. The summed E-state index contributed by atoms with van der Waals surface area (Å²) in [5.41, 5.74) is 0. The molecule has 0 bridgehead atoms. The van der Waals surface area contributed by atoms with Crippen molar-refractivity contribution in [3.05, 3.63) is 10.1 Å². The van der Waals surface area contributed by atoms with Gasteiger partial charge in [-0.15, -0.1) is 10.1 Å². The lowest BCUT2D eigenvalue weighted by molar-refractivity contribution is -0.777. The van der Waals surface area contributed by atoms with E-state index in [-0.39, 0.29) is 0 Å². The van der Waals surface area contributed by atoms with Crippen LogP contribution in [0.15, 0.2) is 0 Å². The minimum atomic E-state index is -1.19. The second-order valence-electron chi connectivity index (χ2n) is 1.55. The Balaban J connectivity index is 3.60. The average molecular weight is 164 g/mol. The molecule has 0 saturated heterocycles. The van der Waals surface area contributed by atoms with Gasteiger partial charge in [0.15, 0.2) is 0 Å². The minimum absolute atomic E-state index is 0.778. The SMILES string of the molecule is CNC(=O)OC(C)O[N+](=O)[O-]. The molecule has 0 saturated carbocycles. The van der Waals surface area contributed by atoms with Gasteiger partial charge >= 0.3 is 6.09 Å². The van der Waals surface area contributed by atoms with Crippen LogP contribution in [0.3, 0.4) is 0 Å². The van der Waals surface area contributed by atoms with E-state index in [1.54, 1.807) is 0 Å². The fourth-order valence-electron chi connectivity index (χ4n) is 0.352. The standard InChI is InChI=1S/C4H8N2O5/c1-3(11-6(8)9)10-4(7)5-2/h3H,1-2H3,(H,5,7). The predicted octanol–water partition coefficient (Wildman–Crippen LogP) is -0.103. The number of hydrogen-bond acceptors (Lipinski definition) is 5. The van der Waals surface area contributed by atoms with Gasteiger partial charge in [0.05, 0.1) is 0 Å². The lowest BCUT2D eigenvalue weighted by atomic mass is 10.8. The smallest absolute Gasteiger partial charge is 0.408 e. The summed E-state index contributed by atoms with van der Waals surface area (Å²) < 4.78 is 4.30. The highest BCUT2D eigenvalue weighted by Crippen LogP contribution is 1.92. The Morgan fingerprint density at radius 1 is 1.73 bits per heavy atom. The quantitative estimate of drug-likeness (QED) is 0.357. The molecule has 0 rings (SSSR count). The molecule has 11 heavy (non-hydrogen) atoms. The first-order chi connectivity index (χ1) is 5.06. The molecule has 0 aromatic rings. The summed E-state index contributed by atoms with van der Waals surface area (Å²) in [6, 6.07) is 0. The second kappa shape index (κ2) is 4.31. The number of nitrogens with one attached hydrogen (secondary N) is 1. The monoisotopic (exact) mass is 164 g/mol. The van der Waals surface area contributed by atoms with Crippen molar-refractivity contribution in [3.8, 4) is 0 Å². The van der Waals surface area contributed by atoms with Crippen molar-refractivity contribution >= 4 is 6.09 Å². The maximum Gasteiger partial charge on any atom is 0.408 e. The van der Waals surface area contributed by atoms with Crippen LogP contribution in [0.4, 0.5) is 4.79 Å². The Kier molecular flexibility index (Phi) is 3.71. The van der Waals surface area contributed by atoms with Crippen molar-refractivity contribution in [2.45, 2.75) is 13.2 Å². The second-order valence-corrected chi connectivity index (χ2v) is 1.55. The number of hydrogen-bond donors (Lipinski definition) is 1. The Morgan fingerprint density at radius 3 is 2.64 bits per heavy atom. The van der Waals surface area contributed by atoms with Crippen LogP contribution in [-0.4, -0.2) is 24.5 Å². The van der Waals surface area contributed by atoms with E-state index in [0.717, 1.165) is 0 Å². The third-order valence-corrected chi connectivity index (χ3v) is 0.712. The molecule has 1 unspecified atom stereocenters. The summed E-state index contributed by atoms with van der Waals surface area (Å²) in [7, 11) is 1.33. The Hall–Kier alpha value is -1.53. The molecule has 1 amide bonds. The van der Waals surface area contributed by atoms with Crippen molar-refractivity contribution < 1.29 is 19.5 Å². The minimum Gasteiger partial charge on any atom is -0.419 e. The first kappa shape index (κ1) is 9.47. The summed E-state index contributed by atoms with van der Waals surface area (Å²) >= 11 is 0. The molecule has 0 radical (unpaired) electrons. The van der Waals surface area contributed by atoms with Crippen molar-refractivity contribution in [2.75, 3.05) is 7.05 Å². The van der Waals surface area contributed by atoms with Gasteiger partial charge in [0.2, 0.25) is 6.29 Å². The Labute approximate surface area is 62.4 Å². The molecule has 7 nitrogen and oxygen atoms in total. The summed E-state index contributed by atoms with van der Waals surface area (Å²) in [5, 5.41) is 10.7. The number of carbonyl (C=O) groups excluding carboxylic acids is 1. The molecule has 7 heteroatoms. The fraction of sp³-hybridized carbons (Fsp3) is 0.750. The topological polar surface area (TPSA) is 90.7 Å². The molecule has 0 aliphatic rings. The zero-order valence-electron chi connectivity index (χ0n) is 6.07. The molecule has 0 aliphatic carbocycles.